The van der Waals surface area contributed by atoms with Crippen LogP contribution >= 0.6 is 0 Å². The van der Waals surface area contributed by atoms with E-state index in [1.54, 1.807) is 25.2 Å². The van der Waals surface area contributed by atoms with Gasteiger partial charge in [-0.25, -0.2) is 4.79 Å². The summed E-state index contributed by atoms with van der Waals surface area (Å²) in [6.45, 7) is 10.6. The molecule has 0 spiro atoms. The van der Waals surface area contributed by atoms with Gasteiger partial charge in [0, 0.05) is 12.2 Å². The monoisotopic (exact) mass is 302 g/mol. The number of aliphatic hydroxyl groups is 2. The van der Waals surface area contributed by atoms with Crippen LogP contribution in [0, 0.1) is 0 Å². The molecule has 0 amide bonds. The second-order valence-electron chi connectivity index (χ2n) is 4.29. The van der Waals surface area contributed by atoms with Crippen molar-refractivity contribution in [3.63, 3.8) is 0 Å². The number of hydrogen-bond acceptors (Lipinski definition) is 4. The summed E-state index contributed by atoms with van der Waals surface area (Å²) in [5, 5.41) is 16.0. The molecule has 126 valence electrons. The van der Waals surface area contributed by atoms with E-state index in [1.165, 1.54) is 0 Å². The van der Waals surface area contributed by atoms with Gasteiger partial charge >= 0.3 is 5.97 Å². The van der Waals surface area contributed by atoms with Gasteiger partial charge in [-0.3, -0.25) is 0 Å². The molecule has 0 aromatic carbocycles. The van der Waals surface area contributed by atoms with Crippen LogP contribution in [0.25, 0.3) is 0 Å². The minimum atomic E-state index is -0.194. The van der Waals surface area contributed by atoms with Crippen LogP contribution in [0.15, 0.2) is 23.8 Å². The fraction of sp³-hybridized carbons (Fsp3) is 0.706. The molecule has 0 bridgehead atoms. The molecule has 21 heavy (non-hydrogen) atoms. The third kappa shape index (κ3) is 27.9. The minimum Gasteiger partial charge on any atom is -0.462 e. The molecule has 0 rings (SSSR count). The average Bonchev–Trinajstić information content (AvgIpc) is 2.49. The lowest BCUT2D eigenvalue weighted by atomic mass is 10.3. The molecule has 0 saturated heterocycles. The predicted molar refractivity (Wildman–Crippen MR) is 89.2 cm³/mol. The van der Waals surface area contributed by atoms with E-state index in [0.29, 0.717) is 18.8 Å². The number of rotatable bonds is 7. The number of carbonyl (C=O) groups excluding carboxylic acids is 1. The molecule has 4 heteroatoms. The standard InChI is InChI=1S/C9H16O2.C4H10O.C4H8O/c1-4-6-7-11-9(10)8(3)5-2;2*1-2-3-4-5/h5H,4,6-7H2,1-3H3;5H,2-4H2,1H3;2-3,5H,4H2,1H3/b8-5+;;3-2+. The number of ether oxygens (including phenoxy) is 1. The molecular formula is C17H34O4. The number of allylic oxidation sites excluding steroid dienone is 2. The van der Waals surface area contributed by atoms with E-state index < -0.39 is 0 Å². The third-order valence-electron chi connectivity index (χ3n) is 2.34. The zero-order valence-electron chi connectivity index (χ0n) is 14.4. The first-order valence-electron chi connectivity index (χ1n) is 7.68. The smallest absolute Gasteiger partial charge is 0.333 e. The molecular weight excluding hydrogens is 268 g/mol. The lowest BCUT2D eigenvalue weighted by molar-refractivity contribution is -0.139. The number of unbranched alkanes of at least 4 members (excludes halogenated alkanes) is 2. The minimum absolute atomic E-state index is 0.163. The van der Waals surface area contributed by atoms with Gasteiger partial charge in [-0.1, -0.05) is 44.9 Å². The Bertz CT molecular complexity index is 256. The highest BCUT2D eigenvalue weighted by molar-refractivity contribution is 5.87. The number of hydrogen-bond donors (Lipinski definition) is 2. The predicted octanol–water partition coefficient (Wildman–Crippen LogP) is 3.63. The van der Waals surface area contributed by atoms with Crippen molar-refractivity contribution in [2.24, 2.45) is 0 Å². The topological polar surface area (TPSA) is 66.8 Å². The van der Waals surface area contributed by atoms with Crippen molar-refractivity contribution in [3.05, 3.63) is 23.8 Å². The van der Waals surface area contributed by atoms with Crippen LogP contribution in [-0.2, 0) is 9.53 Å². The molecule has 0 fully saturated rings. The quantitative estimate of drug-likeness (QED) is 0.326. The fourth-order valence-electron chi connectivity index (χ4n) is 0.804. The van der Waals surface area contributed by atoms with E-state index in [0.717, 1.165) is 25.7 Å². The number of aliphatic hydroxyl groups excluding tert-OH is 2. The number of carbonyl (C=O) groups is 1. The maximum absolute atomic E-state index is 11.0. The van der Waals surface area contributed by atoms with Gasteiger partial charge in [0.05, 0.1) is 13.2 Å². The summed E-state index contributed by atoms with van der Waals surface area (Å²) < 4.78 is 4.93. The summed E-state index contributed by atoms with van der Waals surface area (Å²) in [5.41, 5.74) is 0.682. The Labute approximate surface area is 130 Å². The molecule has 0 aromatic heterocycles. The molecule has 0 heterocycles. The van der Waals surface area contributed by atoms with Crippen LogP contribution in [-0.4, -0.2) is 36.0 Å². The first-order chi connectivity index (χ1) is 10.0. The Morgan fingerprint density at radius 2 is 1.67 bits per heavy atom. The highest BCUT2D eigenvalue weighted by atomic mass is 16.5. The van der Waals surface area contributed by atoms with Gasteiger partial charge in [0.15, 0.2) is 0 Å². The van der Waals surface area contributed by atoms with Crippen molar-refractivity contribution in [1.29, 1.82) is 0 Å². The molecule has 0 aliphatic rings. The van der Waals surface area contributed by atoms with Gasteiger partial charge < -0.3 is 14.9 Å². The van der Waals surface area contributed by atoms with Crippen LogP contribution in [0.1, 0.15) is 60.3 Å². The normalized spacial score (nSPS) is 10.3. The Hall–Kier alpha value is -1.13. The number of esters is 1. The lowest BCUT2D eigenvalue weighted by Gasteiger charge is -2.02. The Morgan fingerprint density at radius 1 is 1.10 bits per heavy atom. The average molecular weight is 302 g/mol. The van der Waals surface area contributed by atoms with Gasteiger partial charge in [-0.15, -0.1) is 0 Å². The van der Waals surface area contributed by atoms with E-state index in [9.17, 15) is 4.79 Å². The van der Waals surface area contributed by atoms with Crippen LogP contribution in [0.5, 0.6) is 0 Å². The summed E-state index contributed by atoms with van der Waals surface area (Å²) in [7, 11) is 0. The van der Waals surface area contributed by atoms with E-state index in [-0.39, 0.29) is 12.6 Å². The summed E-state index contributed by atoms with van der Waals surface area (Å²) in [6, 6.07) is 0. The molecule has 0 radical (unpaired) electrons. The highest BCUT2D eigenvalue weighted by Gasteiger charge is 2.02. The second kappa shape index (κ2) is 23.9. The molecule has 4 nitrogen and oxygen atoms in total. The van der Waals surface area contributed by atoms with Crippen molar-refractivity contribution in [2.75, 3.05) is 19.8 Å². The maximum Gasteiger partial charge on any atom is 0.333 e. The van der Waals surface area contributed by atoms with Gasteiger partial charge in [-0.05, 0) is 33.6 Å². The second-order valence-corrected chi connectivity index (χ2v) is 4.29. The largest absolute Gasteiger partial charge is 0.462 e. The van der Waals surface area contributed by atoms with Crippen molar-refractivity contribution < 1.29 is 19.7 Å². The van der Waals surface area contributed by atoms with Crippen LogP contribution in [0.4, 0.5) is 0 Å². The fourth-order valence-corrected chi connectivity index (χ4v) is 0.804. The summed E-state index contributed by atoms with van der Waals surface area (Å²) in [5.74, 6) is -0.194. The highest BCUT2D eigenvalue weighted by Crippen LogP contribution is 1.97. The van der Waals surface area contributed by atoms with E-state index in [4.69, 9.17) is 14.9 Å². The van der Waals surface area contributed by atoms with E-state index in [1.807, 2.05) is 13.8 Å². The zero-order valence-corrected chi connectivity index (χ0v) is 14.4. The maximum atomic E-state index is 11.0. The molecule has 0 saturated carbocycles. The van der Waals surface area contributed by atoms with Crippen molar-refractivity contribution in [3.8, 4) is 0 Å². The van der Waals surface area contributed by atoms with Gasteiger partial charge in [-0.2, -0.15) is 0 Å². The first kappa shape index (κ1) is 24.9. The SMILES string of the molecule is C/C=C(\C)C(=O)OCCCC.C/C=C/CO.CCCCO. The molecule has 2 N–H and O–H groups in total. The molecule has 0 atom stereocenters. The molecule has 0 aliphatic heterocycles. The van der Waals surface area contributed by atoms with Gasteiger partial charge in [0.25, 0.3) is 0 Å². The summed E-state index contributed by atoms with van der Waals surface area (Å²) in [6.07, 6.45) is 9.29. The Morgan fingerprint density at radius 3 is 1.90 bits per heavy atom. The van der Waals surface area contributed by atoms with Crippen LogP contribution in [0.3, 0.4) is 0 Å². The molecule has 0 unspecified atom stereocenters. The van der Waals surface area contributed by atoms with Gasteiger partial charge in [0.2, 0.25) is 0 Å². The first-order valence-corrected chi connectivity index (χ1v) is 7.68. The third-order valence-corrected chi connectivity index (χ3v) is 2.34. The van der Waals surface area contributed by atoms with Crippen molar-refractivity contribution in [2.45, 2.75) is 60.3 Å². The van der Waals surface area contributed by atoms with Crippen LogP contribution < -0.4 is 0 Å². The van der Waals surface area contributed by atoms with Crippen molar-refractivity contribution in [1.82, 2.24) is 0 Å². The van der Waals surface area contributed by atoms with E-state index in [2.05, 4.69) is 13.8 Å². The Balaban J connectivity index is -0.000000270. The zero-order chi connectivity index (χ0) is 16.9. The lowest BCUT2D eigenvalue weighted by Crippen LogP contribution is -2.06. The van der Waals surface area contributed by atoms with E-state index >= 15 is 0 Å². The molecule has 0 aromatic rings. The van der Waals surface area contributed by atoms with Gasteiger partial charge in [0.1, 0.15) is 0 Å². The summed E-state index contributed by atoms with van der Waals surface area (Å²) in [4.78, 5) is 11.0. The summed E-state index contributed by atoms with van der Waals surface area (Å²) >= 11 is 0. The molecule has 0 aliphatic carbocycles. The van der Waals surface area contributed by atoms with Crippen molar-refractivity contribution >= 4 is 5.97 Å². The van der Waals surface area contributed by atoms with Crippen LogP contribution in [0.2, 0.25) is 0 Å². The Kier molecular flexibility index (Phi) is 28.3.